The smallest absolute Gasteiger partial charge is 0.151 e. The van der Waals surface area contributed by atoms with Crippen LogP contribution in [0.1, 0.15) is 5.69 Å². The highest BCUT2D eigenvalue weighted by Crippen LogP contribution is 2.29. The average molecular weight is 224 g/mol. The Bertz CT molecular complexity index is 670. The van der Waals surface area contributed by atoms with Gasteiger partial charge in [0, 0.05) is 11.3 Å². The number of nitrogen functional groups attached to an aromatic ring is 1. The molecule has 84 valence electrons. The van der Waals surface area contributed by atoms with Gasteiger partial charge in [-0.3, -0.25) is 0 Å². The minimum absolute atomic E-state index is 0.506. The van der Waals surface area contributed by atoms with Crippen LogP contribution in [0.15, 0.2) is 42.7 Å². The number of benzene rings is 1. The molecular weight excluding hydrogens is 212 g/mol. The summed E-state index contributed by atoms with van der Waals surface area (Å²) in [4.78, 5) is 4.05. The summed E-state index contributed by atoms with van der Waals surface area (Å²) >= 11 is 0. The van der Waals surface area contributed by atoms with Gasteiger partial charge in [0.25, 0.3) is 0 Å². The Kier molecular flexibility index (Phi) is 2.08. The summed E-state index contributed by atoms with van der Waals surface area (Å²) in [6.07, 6.45) is 1.48. The highest BCUT2D eigenvalue weighted by Gasteiger charge is 2.11. The Morgan fingerprint density at radius 2 is 1.94 bits per heavy atom. The van der Waals surface area contributed by atoms with Gasteiger partial charge in [0.05, 0.1) is 0 Å². The lowest BCUT2D eigenvalue weighted by Gasteiger charge is -2.02. The van der Waals surface area contributed by atoms with E-state index in [1.165, 1.54) is 6.33 Å². The predicted octanol–water partition coefficient (Wildman–Crippen LogP) is 2.29. The quantitative estimate of drug-likeness (QED) is 0.690. The van der Waals surface area contributed by atoms with Crippen LogP contribution >= 0.6 is 0 Å². The highest BCUT2D eigenvalue weighted by molar-refractivity contribution is 5.88. The summed E-state index contributed by atoms with van der Waals surface area (Å²) in [5, 5.41) is 4.21. The van der Waals surface area contributed by atoms with E-state index >= 15 is 0 Å². The molecule has 0 saturated heterocycles. The molecule has 2 aromatic heterocycles. The fourth-order valence-corrected chi connectivity index (χ4v) is 2.06. The standard InChI is InChI=1S/C13H12N4/c1-9-7-11(10-5-3-2-4-6-10)12-13(14)15-8-16-17(9)12/h2-8H,1H3,(H2,14,15,16). The van der Waals surface area contributed by atoms with Gasteiger partial charge in [-0.1, -0.05) is 30.3 Å². The lowest BCUT2D eigenvalue weighted by atomic mass is 10.1. The molecule has 0 atom stereocenters. The maximum atomic E-state index is 5.94. The van der Waals surface area contributed by atoms with Crippen LogP contribution in [0.5, 0.6) is 0 Å². The van der Waals surface area contributed by atoms with Crippen molar-refractivity contribution in [2.45, 2.75) is 6.92 Å². The van der Waals surface area contributed by atoms with Crippen LogP contribution in [-0.2, 0) is 0 Å². The van der Waals surface area contributed by atoms with Gasteiger partial charge in [-0.15, -0.1) is 0 Å². The first-order valence-corrected chi connectivity index (χ1v) is 5.41. The molecule has 4 heteroatoms. The van der Waals surface area contributed by atoms with E-state index < -0.39 is 0 Å². The summed E-state index contributed by atoms with van der Waals surface area (Å²) in [6, 6.07) is 12.2. The maximum Gasteiger partial charge on any atom is 0.151 e. The predicted molar refractivity (Wildman–Crippen MR) is 67.6 cm³/mol. The molecule has 4 nitrogen and oxygen atoms in total. The summed E-state index contributed by atoms with van der Waals surface area (Å²) < 4.78 is 1.82. The first-order valence-electron chi connectivity index (χ1n) is 5.41. The number of hydrogen-bond acceptors (Lipinski definition) is 3. The van der Waals surface area contributed by atoms with Gasteiger partial charge < -0.3 is 5.73 Å². The maximum absolute atomic E-state index is 5.94. The fraction of sp³-hybridized carbons (Fsp3) is 0.0769. The molecule has 0 amide bonds. The normalized spacial score (nSPS) is 10.9. The molecule has 3 aromatic rings. The fourth-order valence-electron chi connectivity index (χ4n) is 2.06. The second kappa shape index (κ2) is 3.59. The van der Waals surface area contributed by atoms with E-state index in [4.69, 9.17) is 5.73 Å². The number of rotatable bonds is 1. The molecule has 0 bridgehead atoms. The third kappa shape index (κ3) is 1.45. The van der Waals surface area contributed by atoms with Crippen LogP contribution in [-0.4, -0.2) is 14.6 Å². The van der Waals surface area contributed by atoms with Gasteiger partial charge >= 0.3 is 0 Å². The van der Waals surface area contributed by atoms with E-state index in [1.807, 2.05) is 29.6 Å². The number of anilines is 1. The van der Waals surface area contributed by atoms with Crippen molar-refractivity contribution in [3.63, 3.8) is 0 Å². The molecule has 17 heavy (non-hydrogen) atoms. The largest absolute Gasteiger partial charge is 0.382 e. The second-order valence-corrected chi connectivity index (χ2v) is 3.97. The van der Waals surface area contributed by atoms with Crippen LogP contribution in [0.2, 0.25) is 0 Å². The molecule has 0 unspecified atom stereocenters. The van der Waals surface area contributed by atoms with Crippen molar-refractivity contribution in [1.82, 2.24) is 14.6 Å². The van der Waals surface area contributed by atoms with Gasteiger partial charge in [-0.25, -0.2) is 9.50 Å². The molecule has 1 aromatic carbocycles. The van der Waals surface area contributed by atoms with Crippen molar-refractivity contribution in [3.8, 4) is 11.1 Å². The van der Waals surface area contributed by atoms with E-state index in [9.17, 15) is 0 Å². The molecule has 0 fully saturated rings. The summed E-state index contributed by atoms with van der Waals surface area (Å²) in [5.74, 6) is 0.506. The van der Waals surface area contributed by atoms with Gasteiger partial charge in [0.15, 0.2) is 5.82 Å². The molecular formula is C13H12N4. The number of aromatic nitrogens is 3. The third-order valence-corrected chi connectivity index (χ3v) is 2.85. The number of aryl methyl sites for hydroxylation is 1. The molecule has 3 rings (SSSR count). The first-order chi connectivity index (χ1) is 8.27. The number of nitrogens with two attached hydrogens (primary N) is 1. The number of nitrogens with zero attached hydrogens (tertiary/aromatic N) is 3. The van der Waals surface area contributed by atoms with Crippen molar-refractivity contribution >= 4 is 11.3 Å². The number of fused-ring (bicyclic) bond motifs is 1. The van der Waals surface area contributed by atoms with Gasteiger partial charge in [-0.05, 0) is 18.6 Å². The Morgan fingerprint density at radius 3 is 2.71 bits per heavy atom. The van der Waals surface area contributed by atoms with Crippen molar-refractivity contribution in [2.75, 3.05) is 5.73 Å². The summed E-state index contributed by atoms with van der Waals surface area (Å²) in [5.41, 5.74) is 10.1. The SMILES string of the molecule is Cc1cc(-c2ccccc2)c2c(N)ncnn12. The molecule has 0 aliphatic rings. The van der Waals surface area contributed by atoms with E-state index in [0.717, 1.165) is 22.3 Å². The van der Waals surface area contributed by atoms with Crippen molar-refractivity contribution in [2.24, 2.45) is 0 Å². The zero-order valence-electron chi connectivity index (χ0n) is 9.46. The second-order valence-electron chi connectivity index (χ2n) is 3.97. The van der Waals surface area contributed by atoms with E-state index in [1.54, 1.807) is 0 Å². The minimum Gasteiger partial charge on any atom is -0.382 e. The molecule has 0 aliphatic carbocycles. The van der Waals surface area contributed by atoms with Gasteiger partial charge in [0.2, 0.25) is 0 Å². The monoisotopic (exact) mass is 224 g/mol. The average Bonchev–Trinajstić information content (AvgIpc) is 2.70. The zero-order chi connectivity index (χ0) is 11.8. The van der Waals surface area contributed by atoms with Crippen LogP contribution < -0.4 is 5.73 Å². The van der Waals surface area contributed by atoms with Crippen LogP contribution in [0.4, 0.5) is 5.82 Å². The van der Waals surface area contributed by atoms with Crippen LogP contribution in [0.25, 0.3) is 16.6 Å². The molecule has 0 aliphatic heterocycles. The third-order valence-electron chi connectivity index (χ3n) is 2.85. The molecule has 2 N–H and O–H groups in total. The van der Waals surface area contributed by atoms with Crippen molar-refractivity contribution in [3.05, 3.63) is 48.4 Å². The van der Waals surface area contributed by atoms with E-state index in [2.05, 4.69) is 28.3 Å². The molecule has 2 heterocycles. The molecule has 0 spiro atoms. The summed E-state index contributed by atoms with van der Waals surface area (Å²) in [7, 11) is 0. The topological polar surface area (TPSA) is 56.2 Å². The van der Waals surface area contributed by atoms with E-state index in [-0.39, 0.29) is 0 Å². The zero-order valence-corrected chi connectivity index (χ0v) is 9.46. The summed E-state index contributed by atoms with van der Waals surface area (Å²) in [6.45, 7) is 2.01. The van der Waals surface area contributed by atoms with Crippen LogP contribution in [0, 0.1) is 6.92 Å². The highest BCUT2D eigenvalue weighted by atomic mass is 15.2. The van der Waals surface area contributed by atoms with Crippen molar-refractivity contribution < 1.29 is 0 Å². The van der Waals surface area contributed by atoms with Gasteiger partial charge in [0.1, 0.15) is 11.8 Å². The Labute approximate surface area is 98.7 Å². The lowest BCUT2D eigenvalue weighted by Crippen LogP contribution is -2.00. The Balaban J connectivity index is 2.38. The first kappa shape index (κ1) is 9.84. The Morgan fingerprint density at radius 1 is 1.18 bits per heavy atom. The van der Waals surface area contributed by atoms with Crippen LogP contribution in [0.3, 0.4) is 0 Å². The van der Waals surface area contributed by atoms with Gasteiger partial charge in [-0.2, -0.15) is 5.10 Å². The Hall–Kier alpha value is -2.36. The minimum atomic E-state index is 0.506. The van der Waals surface area contributed by atoms with Crippen molar-refractivity contribution in [1.29, 1.82) is 0 Å². The van der Waals surface area contributed by atoms with E-state index in [0.29, 0.717) is 5.82 Å². The molecule has 0 saturated carbocycles. The molecule has 0 radical (unpaired) electrons. The lowest BCUT2D eigenvalue weighted by molar-refractivity contribution is 0.875. The number of hydrogen-bond donors (Lipinski definition) is 1.